The van der Waals surface area contributed by atoms with Crippen molar-refractivity contribution in [3.05, 3.63) is 112 Å². The molecule has 0 saturated carbocycles. The van der Waals surface area contributed by atoms with Crippen LogP contribution < -0.4 is 11.1 Å². The molecular weight excluding hydrogens is 528 g/mol. The Morgan fingerprint density at radius 1 is 1.10 bits per heavy atom. The number of carbonyl (C=O) groups is 1. The van der Waals surface area contributed by atoms with Crippen molar-refractivity contribution in [2.45, 2.75) is 39.1 Å². The van der Waals surface area contributed by atoms with Crippen molar-refractivity contribution >= 4 is 11.5 Å². The van der Waals surface area contributed by atoms with Gasteiger partial charge < -0.3 is 20.7 Å². The zero-order valence-electron chi connectivity index (χ0n) is 21.8. The third-order valence-corrected chi connectivity index (χ3v) is 6.09. The first-order chi connectivity index (χ1) is 18.8. The molecule has 0 amide bonds. The van der Waals surface area contributed by atoms with Crippen LogP contribution in [0.5, 0.6) is 0 Å². The SMILES string of the molecule is Cc1ccccc1-c1noc(C(C)(C)O)c1C(=O)/C(N)=C(/NCc1cc(F)cc(C(F)(F)F)c1)c1cccnc1. The molecule has 7 nitrogen and oxygen atoms in total. The van der Waals surface area contributed by atoms with Crippen molar-refractivity contribution in [3.8, 4) is 11.3 Å². The second-order valence-corrected chi connectivity index (χ2v) is 9.67. The first-order valence-corrected chi connectivity index (χ1v) is 12.1. The van der Waals surface area contributed by atoms with Crippen LogP contribution in [0.15, 0.2) is 77.2 Å². The van der Waals surface area contributed by atoms with E-state index in [1.54, 1.807) is 24.3 Å². The first kappa shape index (κ1) is 28.5. The lowest BCUT2D eigenvalue weighted by molar-refractivity contribution is -0.137. The fourth-order valence-electron chi connectivity index (χ4n) is 4.16. The Hall–Kier alpha value is -4.51. The number of rotatable bonds is 8. The average molecular weight is 555 g/mol. The number of aliphatic hydroxyl groups is 1. The Kier molecular flexibility index (Phi) is 7.79. The van der Waals surface area contributed by atoms with Crippen LogP contribution in [-0.2, 0) is 18.3 Å². The molecule has 0 fully saturated rings. The van der Waals surface area contributed by atoms with Crippen LogP contribution in [0, 0.1) is 12.7 Å². The van der Waals surface area contributed by atoms with Crippen LogP contribution in [0.1, 0.15) is 52.2 Å². The summed E-state index contributed by atoms with van der Waals surface area (Å²) in [6, 6.07) is 12.4. The molecule has 4 aromatic rings. The van der Waals surface area contributed by atoms with Gasteiger partial charge in [0.1, 0.15) is 22.8 Å². The van der Waals surface area contributed by atoms with Crippen molar-refractivity contribution in [2.75, 3.05) is 0 Å². The van der Waals surface area contributed by atoms with E-state index < -0.39 is 28.9 Å². The van der Waals surface area contributed by atoms with E-state index in [-0.39, 0.29) is 40.5 Å². The van der Waals surface area contributed by atoms with Gasteiger partial charge in [-0.1, -0.05) is 29.4 Å². The number of allylic oxidation sites excluding steroid dienone is 1. The first-order valence-electron chi connectivity index (χ1n) is 12.1. The van der Waals surface area contributed by atoms with Gasteiger partial charge in [-0.15, -0.1) is 0 Å². The average Bonchev–Trinajstić information content (AvgIpc) is 3.34. The van der Waals surface area contributed by atoms with E-state index in [0.29, 0.717) is 17.2 Å². The summed E-state index contributed by atoms with van der Waals surface area (Å²) in [6.45, 7) is 4.37. The highest BCUT2D eigenvalue weighted by Gasteiger charge is 2.35. The Bertz CT molecular complexity index is 1570. The van der Waals surface area contributed by atoms with Gasteiger partial charge in [0.15, 0.2) is 5.76 Å². The van der Waals surface area contributed by atoms with Gasteiger partial charge in [-0.3, -0.25) is 9.78 Å². The van der Waals surface area contributed by atoms with Crippen molar-refractivity contribution in [2.24, 2.45) is 5.73 Å². The number of ketones is 1. The van der Waals surface area contributed by atoms with Crippen molar-refractivity contribution in [1.82, 2.24) is 15.5 Å². The van der Waals surface area contributed by atoms with Gasteiger partial charge in [0.05, 0.1) is 16.8 Å². The molecule has 4 N–H and O–H groups in total. The lowest BCUT2D eigenvalue weighted by Gasteiger charge is -2.18. The normalized spacial score (nSPS) is 12.7. The van der Waals surface area contributed by atoms with E-state index in [4.69, 9.17) is 10.3 Å². The van der Waals surface area contributed by atoms with E-state index in [0.717, 1.165) is 17.7 Å². The Morgan fingerprint density at radius 3 is 2.45 bits per heavy atom. The molecule has 208 valence electrons. The Balaban J connectivity index is 1.83. The maximum Gasteiger partial charge on any atom is 0.416 e. The van der Waals surface area contributed by atoms with Crippen LogP contribution >= 0.6 is 0 Å². The Labute approximate surface area is 227 Å². The molecule has 0 unspecified atom stereocenters. The standard InChI is InChI=1S/C29H26F4N4O3/c1-16-7-4-5-9-21(16)25-22(27(40-37-25)28(2,3)39)26(38)23(34)24(18-8-6-10-35-15-18)36-14-17-11-19(29(31,32)33)13-20(30)12-17/h4-13,15,36,39H,14,34H2,1-3H3/b24-23-. The highest BCUT2D eigenvalue weighted by molar-refractivity contribution is 6.15. The van der Waals surface area contributed by atoms with Crippen LogP contribution in [0.2, 0.25) is 0 Å². The fourth-order valence-corrected chi connectivity index (χ4v) is 4.16. The molecule has 0 radical (unpaired) electrons. The number of aryl methyl sites for hydroxylation is 1. The number of nitrogens with zero attached hydrogens (tertiary/aromatic N) is 2. The van der Waals surface area contributed by atoms with Gasteiger partial charge in [0.2, 0.25) is 5.78 Å². The van der Waals surface area contributed by atoms with Gasteiger partial charge in [-0.25, -0.2) is 4.39 Å². The van der Waals surface area contributed by atoms with E-state index in [9.17, 15) is 27.5 Å². The van der Waals surface area contributed by atoms with Gasteiger partial charge in [-0.05, 0) is 62.2 Å². The largest absolute Gasteiger partial charge is 0.416 e. The summed E-state index contributed by atoms with van der Waals surface area (Å²) in [5, 5.41) is 17.7. The predicted molar refractivity (Wildman–Crippen MR) is 140 cm³/mol. The monoisotopic (exact) mass is 554 g/mol. The fraction of sp³-hybridized carbons (Fsp3) is 0.207. The van der Waals surface area contributed by atoms with Gasteiger partial charge >= 0.3 is 6.18 Å². The number of carbonyl (C=O) groups excluding carboxylic acids is 1. The van der Waals surface area contributed by atoms with Gasteiger partial charge in [-0.2, -0.15) is 13.2 Å². The van der Waals surface area contributed by atoms with Crippen molar-refractivity contribution in [3.63, 3.8) is 0 Å². The molecule has 40 heavy (non-hydrogen) atoms. The third kappa shape index (κ3) is 6.04. The second-order valence-electron chi connectivity index (χ2n) is 9.67. The van der Waals surface area contributed by atoms with Crippen LogP contribution in [0.4, 0.5) is 17.6 Å². The lowest BCUT2D eigenvalue weighted by atomic mass is 9.92. The molecule has 0 spiro atoms. The number of hydrogen-bond donors (Lipinski definition) is 3. The Morgan fingerprint density at radius 2 is 1.82 bits per heavy atom. The van der Waals surface area contributed by atoms with E-state index in [1.807, 2.05) is 19.1 Å². The maximum absolute atomic E-state index is 14.0. The minimum atomic E-state index is -4.75. The summed E-state index contributed by atoms with van der Waals surface area (Å²) in [7, 11) is 0. The zero-order valence-corrected chi connectivity index (χ0v) is 21.8. The van der Waals surface area contributed by atoms with Crippen molar-refractivity contribution in [1.29, 1.82) is 0 Å². The highest BCUT2D eigenvalue weighted by Crippen LogP contribution is 2.35. The number of aromatic nitrogens is 2. The van der Waals surface area contributed by atoms with Crippen molar-refractivity contribution < 1.29 is 32.0 Å². The minimum absolute atomic E-state index is 0.0308. The third-order valence-electron chi connectivity index (χ3n) is 6.09. The molecule has 0 aliphatic carbocycles. The summed E-state index contributed by atoms with van der Waals surface area (Å²) >= 11 is 0. The zero-order chi connectivity index (χ0) is 29.2. The number of pyridine rings is 1. The molecule has 0 aliphatic heterocycles. The molecule has 0 saturated heterocycles. The number of benzene rings is 2. The lowest BCUT2D eigenvalue weighted by Crippen LogP contribution is -2.25. The number of Topliss-reactive ketones (excluding diaryl/α,β-unsaturated/α-hetero) is 1. The van der Waals surface area contributed by atoms with Gasteiger partial charge in [0.25, 0.3) is 0 Å². The summed E-state index contributed by atoms with van der Waals surface area (Å²) in [5.74, 6) is -1.94. The van der Waals surface area contributed by atoms with E-state index in [1.165, 1.54) is 26.2 Å². The molecule has 0 atom stereocenters. The second kappa shape index (κ2) is 10.9. The van der Waals surface area contributed by atoms with Crippen LogP contribution in [-0.4, -0.2) is 21.0 Å². The number of hydrogen-bond acceptors (Lipinski definition) is 7. The summed E-state index contributed by atoms with van der Waals surface area (Å²) in [4.78, 5) is 18.0. The summed E-state index contributed by atoms with van der Waals surface area (Å²) in [6.07, 6.45) is -1.85. The number of nitrogens with one attached hydrogen (secondary N) is 1. The summed E-state index contributed by atoms with van der Waals surface area (Å²) in [5.41, 5.74) is 5.10. The molecule has 0 bridgehead atoms. The molecule has 11 heteroatoms. The predicted octanol–water partition coefficient (Wildman–Crippen LogP) is 5.73. The number of alkyl halides is 3. The highest BCUT2D eigenvalue weighted by atomic mass is 19.4. The smallest absolute Gasteiger partial charge is 0.394 e. The minimum Gasteiger partial charge on any atom is -0.394 e. The number of nitrogens with two attached hydrogens (primary N) is 1. The molecule has 2 aromatic carbocycles. The maximum atomic E-state index is 14.0. The summed E-state index contributed by atoms with van der Waals surface area (Å²) < 4.78 is 59.2. The van der Waals surface area contributed by atoms with Crippen LogP contribution in [0.25, 0.3) is 17.0 Å². The molecule has 0 aliphatic rings. The van der Waals surface area contributed by atoms with Gasteiger partial charge in [0, 0.05) is 30.1 Å². The van der Waals surface area contributed by atoms with Crippen LogP contribution in [0.3, 0.4) is 0 Å². The van der Waals surface area contributed by atoms with E-state index in [2.05, 4.69) is 15.5 Å². The number of halogens is 4. The molecule has 2 heterocycles. The molecular formula is C29H26F4N4O3. The van der Waals surface area contributed by atoms with E-state index >= 15 is 0 Å². The quantitative estimate of drug-likeness (QED) is 0.145. The molecule has 2 aromatic heterocycles. The molecule has 4 rings (SSSR count). The topological polar surface area (TPSA) is 114 Å².